The third kappa shape index (κ3) is 6.04. The quantitative estimate of drug-likeness (QED) is 0.149. The third-order valence-electron chi connectivity index (χ3n) is 8.61. The molecule has 0 bridgehead atoms. The van der Waals surface area contributed by atoms with Crippen LogP contribution in [0, 0.1) is 11.7 Å². The van der Waals surface area contributed by atoms with Crippen molar-refractivity contribution >= 4 is 56.7 Å². The molecule has 1 aliphatic heterocycles. The molecule has 0 radical (unpaired) electrons. The van der Waals surface area contributed by atoms with Gasteiger partial charge in [-0.25, -0.2) is 19.2 Å². The minimum Gasteiger partial charge on any atom is -0.471 e. The first-order valence-corrected chi connectivity index (χ1v) is 15.7. The Hall–Kier alpha value is -3.92. The van der Waals surface area contributed by atoms with E-state index in [1.54, 1.807) is 30.3 Å². The number of rotatable bonds is 9. The number of methoxy groups -OCH3 is 1. The fourth-order valence-corrected chi connectivity index (χ4v) is 6.44. The lowest BCUT2D eigenvalue weighted by Crippen LogP contribution is -2.32. The Kier molecular flexibility index (Phi) is 8.25. The van der Waals surface area contributed by atoms with Gasteiger partial charge in [-0.3, -0.25) is 0 Å². The molecule has 2 aliphatic rings. The maximum atomic E-state index is 14.7. The van der Waals surface area contributed by atoms with Gasteiger partial charge in [-0.15, -0.1) is 0 Å². The molecule has 45 heavy (non-hydrogen) atoms. The summed E-state index contributed by atoms with van der Waals surface area (Å²) in [6.45, 7) is 1.51. The Morgan fingerprint density at radius 1 is 1.11 bits per heavy atom. The number of benzene rings is 2. The average molecular weight is 651 g/mol. The lowest BCUT2D eigenvalue weighted by Gasteiger charge is -2.28. The summed E-state index contributed by atoms with van der Waals surface area (Å²) in [5.74, 6) is 0.364. The largest absolute Gasteiger partial charge is 0.471 e. The molecule has 4 heterocycles. The fraction of sp³-hybridized carbons (Fsp3) is 0.324. The summed E-state index contributed by atoms with van der Waals surface area (Å²) in [4.78, 5) is 21.7. The van der Waals surface area contributed by atoms with E-state index in [9.17, 15) is 9.18 Å². The monoisotopic (exact) mass is 649 g/mol. The van der Waals surface area contributed by atoms with Crippen molar-refractivity contribution in [3.05, 3.63) is 93.3 Å². The smallest absolute Gasteiger partial charge is 0.337 e. The highest BCUT2D eigenvalue weighted by Gasteiger charge is 2.25. The van der Waals surface area contributed by atoms with Crippen molar-refractivity contribution in [1.29, 1.82) is 0 Å². The number of hydrogen-bond donors (Lipinski definition) is 0. The highest BCUT2D eigenvalue weighted by atomic mass is 35.5. The van der Waals surface area contributed by atoms with Crippen molar-refractivity contribution in [2.45, 2.75) is 51.4 Å². The van der Waals surface area contributed by atoms with Crippen molar-refractivity contribution < 1.29 is 27.8 Å². The number of aromatic nitrogens is 3. The van der Waals surface area contributed by atoms with Crippen molar-refractivity contribution in [3.8, 4) is 5.88 Å². The second-order valence-electron chi connectivity index (χ2n) is 11.5. The molecule has 1 unspecified atom stereocenters. The summed E-state index contributed by atoms with van der Waals surface area (Å²) in [6.07, 6.45) is 6.68. The molecule has 5 aromatic rings. The molecule has 0 amide bonds. The van der Waals surface area contributed by atoms with Gasteiger partial charge in [0.2, 0.25) is 0 Å². The van der Waals surface area contributed by atoms with Crippen molar-refractivity contribution in [1.82, 2.24) is 14.5 Å². The molecular formula is C34H30Cl2FN3O5. The highest BCUT2D eigenvalue weighted by Crippen LogP contribution is 2.35. The van der Waals surface area contributed by atoms with E-state index in [0.29, 0.717) is 45.3 Å². The van der Waals surface area contributed by atoms with Crippen LogP contribution in [-0.2, 0) is 29.0 Å². The van der Waals surface area contributed by atoms with Gasteiger partial charge < -0.3 is 23.2 Å². The number of halogens is 3. The molecule has 8 nitrogen and oxygen atoms in total. The average Bonchev–Trinajstić information content (AvgIpc) is 3.59. The number of carbonyl (C=O) groups is 1. The van der Waals surface area contributed by atoms with E-state index in [0.717, 1.165) is 61.1 Å². The Balaban J connectivity index is 1.07. The van der Waals surface area contributed by atoms with E-state index >= 15 is 0 Å². The molecular weight excluding hydrogens is 620 g/mol. The number of fused-ring (bicyclic) bond motifs is 2. The number of ether oxygens (including phenoxy) is 3. The summed E-state index contributed by atoms with van der Waals surface area (Å²) in [7, 11) is 1.38. The van der Waals surface area contributed by atoms with Crippen LogP contribution in [0.2, 0.25) is 10.2 Å². The Morgan fingerprint density at radius 2 is 1.98 bits per heavy atom. The van der Waals surface area contributed by atoms with Crippen LogP contribution >= 0.6 is 23.2 Å². The molecule has 1 aliphatic carbocycles. The van der Waals surface area contributed by atoms with Crippen molar-refractivity contribution in [2.75, 3.05) is 13.7 Å². The molecule has 11 heteroatoms. The van der Waals surface area contributed by atoms with E-state index in [-0.39, 0.29) is 29.8 Å². The van der Waals surface area contributed by atoms with Gasteiger partial charge in [-0.05, 0) is 85.2 Å². The maximum Gasteiger partial charge on any atom is 0.337 e. The second kappa shape index (κ2) is 12.5. The molecule has 1 saturated heterocycles. The summed E-state index contributed by atoms with van der Waals surface area (Å²) < 4.78 is 39.0. The Morgan fingerprint density at radius 3 is 2.73 bits per heavy atom. The van der Waals surface area contributed by atoms with Crippen LogP contribution in [0.5, 0.6) is 5.88 Å². The zero-order chi connectivity index (χ0) is 31.1. The van der Waals surface area contributed by atoms with Crippen LogP contribution in [0.1, 0.15) is 53.1 Å². The van der Waals surface area contributed by atoms with Crippen LogP contribution < -0.4 is 4.74 Å². The number of pyridine rings is 1. The maximum absolute atomic E-state index is 14.7. The normalized spacial score (nSPS) is 18.2. The standard InChI is InChI=1S/C34H30Cl2FN3O5/c1-42-34(41)21-7-10-28-29(15-21)40(17-23-12-13-43-23)31(38-28)14-19-2-4-20(5-3-19)27-11-9-26(37)33(39-27)44-18-22-6-8-25(35)24-16-30(36)45-32(22)24/h4,6-11,15-16,19,23H,2-3,5,12-14,17-18H2,1H3/t19?,23-/m0/s1. The third-order valence-corrected chi connectivity index (χ3v) is 9.12. The number of carbonyl (C=O) groups excluding carboxylic acids is 1. The van der Waals surface area contributed by atoms with Crippen LogP contribution in [0.3, 0.4) is 0 Å². The molecule has 2 atom stereocenters. The molecule has 0 saturated carbocycles. The van der Waals surface area contributed by atoms with Crippen LogP contribution in [0.25, 0.3) is 27.6 Å². The zero-order valence-corrected chi connectivity index (χ0v) is 26.0. The number of allylic oxidation sites excluding steroid dienone is 2. The Bertz CT molecular complexity index is 1950. The minimum absolute atomic E-state index is 0.0417. The highest BCUT2D eigenvalue weighted by molar-refractivity contribution is 6.36. The molecule has 0 spiro atoms. The van der Waals surface area contributed by atoms with E-state index in [2.05, 4.69) is 15.6 Å². The molecule has 2 aromatic carbocycles. The van der Waals surface area contributed by atoms with E-state index in [4.69, 9.17) is 46.8 Å². The van der Waals surface area contributed by atoms with E-state index < -0.39 is 5.82 Å². The number of imidazole rings is 1. The van der Waals surface area contributed by atoms with Crippen LogP contribution in [0.4, 0.5) is 4.39 Å². The molecule has 0 N–H and O–H groups in total. The van der Waals surface area contributed by atoms with Gasteiger partial charge in [-0.1, -0.05) is 23.7 Å². The summed E-state index contributed by atoms with van der Waals surface area (Å²) in [5.41, 5.74) is 5.19. The minimum atomic E-state index is -0.541. The zero-order valence-electron chi connectivity index (χ0n) is 24.5. The molecule has 3 aromatic heterocycles. The second-order valence-corrected chi connectivity index (χ2v) is 12.2. The van der Waals surface area contributed by atoms with Gasteiger partial charge in [0.15, 0.2) is 11.0 Å². The number of hydrogen-bond acceptors (Lipinski definition) is 7. The summed E-state index contributed by atoms with van der Waals surface area (Å²) >= 11 is 12.3. The van der Waals surface area contributed by atoms with Gasteiger partial charge in [0, 0.05) is 30.0 Å². The lowest BCUT2D eigenvalue weighted by atomic mass is 9.86. The first-order chi connectivity index (χ1) is 21.9. The van der Waals surface area contributed by atoms with Gasteiger partial charge in [0.25, 0.3) is 5.88 Å². The Labute approximate surface area is 268 Å². The lowest BCUT2D eigenvalue weighted by molar-refractivity contribution is -0.0590. The first kappa shape index (κ1) is 29.8. The van der Waals surface area contributed by atoms with Crippen LogP contribution in [-0.4, -0.2) is 40.3 Å². The predicted molar refractivity (Wildman–Crippen MR) is 169 cm³/mol. The van der Waals surface area contributed by atoms with Gasteiger partial charge in [0.1, 0.15) is 18.0 Å². The van der Waals surface area contributed by atoms with Crippen LogP contribution in [0.15, 0.2) is 59.0 Å². The SMILES string of the molecule is COC(=O)c1ccc2nc(CC3CC=C(c4ccc(F)c(OCc5ccc(Cl)c6cc(Cl)oc56)n4)CC3)n(C[C@@H]3CCO3)c2c1. The summed E-state index contributed by atoms with van der Waals surface area (Å²) in [5, 5.41) is 1.39. The topological polar surface area (TPSA) is 88.6 Å². The van der Waals surface area contributed by atoms with Gasteiger partial charge in [0.05, 0.1) is 47.1 Å². The van der Waals surface area contributed by atoms with Gasteiger partial charge in [-0.2, -0.15) is 0 Å². The van der Waals surface area contributed by atoms with E-state index in [1.165, 1.54) is 13.2 Å². The number of furan rings is 1. The number of esters is 1. The predicted octanol–water partition coefficient (Wildman–Crippen LogP) is 8.20. The van der Waals surface area contributed by atoms with Gasteiger partial charge >= 0.3 is 5.97 Å². The van der Waals surface area contributed by atoms with E-state index in [1.807, 2.05) is 12.1 Å². The first-order valence-electron chi connectivity index (χ1n) is 14.9. The van der Waals surface area contributed by atoms with Crippen molar-refractivity contribution in [2.24, 2.45) is 5.92 Å². The molecule has 1 fully saturated rings. The molecule has 7 rings (SSSR count). The molecule has 232 valence electrons. The number of nitrogens with zero attached hydrogens (tertiary/aromatic N) is 3. The summed E-state index contributed by atoms with van der Waals surface area (Å²) in [6, 6.07) is 13.7. The van der Waals surface area contributed by atoms with Crippen molar-refractivity contribution in [3.63, 3.8) is 0 Å². The fourth-order valence-electron chi connectivity index (χ4n) is 6.05.